The molecular formula is C15H27N3O2. The van der Waals surface area contributed by atoms with E-state index in [9.17, 15) is 4.79 Å². The highest BCUT2D eigenvalue weighted by molar-refractivity contribution is 5.76. The van der Waals surface area contributed by atoms with Crippen molar-refractivity contribution in [1.29, 1.82) is 0 Å². The highest BCUT2D eigenvalue weighted by atomic mass is 16.5. The van der Waals surface area contributed by atoms with Crippen molar-refractivity contribution in [1.82, 2.24) is 10.5 Å². The quantitative estimate of drug-likeness (QED) is 0.804. The van der Waals surface area contributed by atoms with Gasteiger partial charge in [-0.05, 0) is 45.6 Å². The van der Waals surface area contributed by atoms with Gasteiger partial charge in [0.05, 0.1) is 11.7 Å². The summed E-state index contributed by atoms with van der Waals surface area (Å²) in [5.74, 6) is 1.59. The Morgan fingerprint density at radius 1 is 1.35 bits per heavy atom. The van der Waals surface area contributed by atoms with Crippen LogP contribution in [-0.2, 0) is 4.79 Å². The van der Waals surface area contributed by atoms with Crippen LogP contribution < -0.4 is 11.1 Å². The Hall–Kier alpha value is -1.36. The van der Waals surface area contributed by atoms with Gasteiger partial charge in [-0.15, -0.1) is 0 Å². The topological polar surface area (TPSA) is 81.2 Å². The summed E-state index contributed by atoms with van der Waals surface area (Å²) in [6.07, 6.45) is 1.45. The van der Waals surface area contributed by atoms with Crippen molar-refractivity contribution in [2.24, 2.45) is 17.6 Å². The van der Waals surface area contributed by atoms with Crippen LogP contribution in [0.4, 0.5) is 0 Å². The number of aromatic nitrogens is 1. The van der Waals surface area contributed by atoms with E-state index in [1.54, 1.807) is 0 Å². The van der Waals surface area contributed by atoms with Gasteiger partial charge in [0.1, 0.15) is 5.76 Å². The molecule has 114 valence electrons. The molecule has 1 rings (SSSR count). The Kier molecular flexibility index (Phi) is 6.20. The van der Waals surface area contributed by atoms with Gasteiger partial charge in [-0.3, -0.25) is 4.79 Å². The molecule has 0 bridgehead atoms. The van der Waals surface area contributed by atoms with Crippen molar-refractivity contribution in [3.05, 3.63) is 17.0 Å². The first-order valence-corrected chi connectivity index (χ1v) is 7.27. The maximum absolute atomic E-state index is 12.1. The second kappa shape index (κ2) is 7.43. The van der Waals surface area contributed by atoms with Gasteiger partial charge in [0.25, 0.3) is 0 Å². The molecule has 0 saturated heterocycles. The van der Waals surface area contributed by atoms with Crippen LogP contribution in [0, 0.1) is 25.7 Å². The molecule has 0 aromatic carbocycles. The van der Waals surface area contributed by atoms with Crippen molar-refractivity contribution in [3.8, 4) is 0 Å². The lowest BCUT2D eigenvalue weighted by Crippen LogP contribution is -2.31. The predicted molar refractivity (Wildman–Crippen MR) is 79.2 cm³/mol. The predicted octanol–water partition coefficient (Wildman–Crippen LogP) is 2.48. The fourth-order valence-electron chi connectivity index (χ4n) is 2.67. The largest absolute Gasteiger partial charge is 0.361 e. The standard InChI is InChI=1S/C15H27N3O2/c1-9(2)6-13(8-16)7-14(19)17-10(3)15-11(4)18-20-12(15)5/h9-10,13H,6-8,16H2,1-5H3,(H,17,19). The molecule has 0 aliphatic heterocycles. The van der Waals surface area contributed by atoms with Gasteiger partial charge < -0.3 is 15.6 Å². The summed E-state index contributed by atoms with van der Waals surface area (Å²) in [6, 6.07) is -0.0915. The van der Waals surface area contributed by atoms with Crippen LogP contribution in [0.5, 0.6) is 0 Å². The van der Waals surface area contributed by atoms with E-state index >= 15 is 0 Å². The van der Waals surface area contributed by atoms with Gasteiger partial charge in [0, 0.05) is 12.0 Å². The molecule has 1 aromatic heterocycles. The van der Waals surface area contributed by atoms with Crippen molar-refractivity contribution in [2.45, 2.75) is 53.5 Å². The number of rotatable bonds is 7. The van der Waals surface area contributed by atoms with Crippen LogP contribution in [0.3, 0.4) is 0 Å². The Labute approximate surface area is 121 Å². The molecule has 0 saturated carbocycles. The highest BCUT2D eigenvalue weighted by Crippen LogP contribution is 2.21. The molecule has 2 unspecified atom stereocenters. The van der Waals surface area contributed by atoms with E-state index < -0.39 is 0 Å². The van der Waals surface area contributed by atoms with Crippen LogP contribution in [-0.4, -0.2) is 17.6 Å². The smallest absolute Gasteiger partial charge is 0.220 e. The van der Waals surface area contributed by atoms with Gasteiger partial charge in [-0.1, -0.05) is 19.0 Å². The van der Waals surface area contributed by atoms with E-state index in [2.05, 4.69) is 24.3 Å². The lowest BCUT2D eigenvalue weighted by Gasteiger charge is -2.19. The minimum atomic E-state index is -0.0915. The van der Waals surface area contributed by atoms with Crippen molar-refractivity contribution in [3.63, 3.8) is 0 Å². The zero-order chi connectivity index (χ0) is 15.3. The number of nitrogens with zero attached hydrogens (tertiary/aromatic N) is 1. The molecule has 0 aliphatic rings. The summed E-state index contributed by atoms with van der Waals surface area (Å²) in [5, 5.41) is 6.92. The molecule has 0 fully saturated rings. The number of nitrogens with two attached hydrogens (primary N) is 1. The van der Waals surface area contributed by atoms with Crippen LogP contribution in [0.25, 0.3) is 0 Å². The number of aryl methyl sites for hydroxylation is 2. The molecule has 1 heterocycles. The van der Waals surface area contributed by atoms with Crippen molar-refractivity contribution in [2.75, 3.05) is 6.54 Å². The average Bonchev–Trinajstić information content (AvgIpc) is 2.67. The lowest BCUT2D eigenvalue weighted by atomic mass is 9.94. The molecule has 5 heteroatoms. The monoisotopic (exact) mass is 281 g/mol. The Morgan fingerprint density at radius 3 is 2.45 bits per heavy atom. The fourth-order valence-corrected chi connectivity index (χ4v) is 2.67. The number of hydrogen-bond donors (Lipinski definition) is 2. The third-order valence-corrected chi connectivity index (χ3v) is 3.51. The second-order valence-electron chi connectivity index (χ2n) is 5.96. The zero-order valence-electron chi connectivity index (χ0n) is 13.2. The summed E-state index contributed by atoms with van der Waals surface area (Å²) in [5.41, 5.74) is 7.53. The van der Waals surface area contributed by atoms with Crippen LogP contribution in [0.15, 0.2) is 4.52 Å². The summed E-state index contributed by atoms with van der Waals surface area (Å²) in [7, 11) is 0. The first kappa shape index (κ1) is 16.7. The summed E-state index contributed by atoms with van der Waals surface area (Å²) in [6.45, 7) is 10.5. The molecule has 1 amide bonds. The molecule has 0 aliphatic carbocycles. The number of hydrogen-bond acceptors (Lipinski definition) is 4. The lowest BCUT2D eigenvalue weighted by molar-refractivity contribution is -0.122. The van der Waals surface area contributed by atoms with E-state index in [1.165, 1.54) is 0 Å². The number of carbonyl (C=O) groups excluding carboxylic acids is 1. The van der Waals surface area contributed by atoms with Gasteiger partial charge in [-0.2, -0.15) is 0 Å². The van der Waals surface area contributed by atoms with E-state index in [0.717, 1.165) is 23.4 Å². The number of nitrogens with one attached hydrogen (secondary N) is 1. The Balaban J connectivity index is 2.57. The molecular weight excluding hydrogens is 254 g/mol. The van der Waals surface area contributed by atoms with Crippen LogP contribution >= 0.6 is 0 Å². The molecule has 0 radical (unpaired) electrons. The first-order valence-electron chi connectivity index (χ1n) is 7.27. The third-order valence-electron chi connectivity index (χ3n) is 3.51. The summed E-state index contributed by atoms with van der Waals surface area (Å²) >= 11 is 0. The first-order chi connectivity index (χ1) is 9.35. The van der Waals surface area contributed by atoms with Gasteiger partial charge in [0.15, 0.2) is 0 Å². The molecule has 2 atom stereocenters. The maximum atomic E-state index is 12.1. The van der Waals surface area contributed by atoms with Gasteiger partial charge >= 0.3 is 0 Å². The van der Waals surface area contributed by atoms with Crippen molar-refractivity contribution < 1.29 is 9.32 Å². The molecule has 20 heavy (non-hydrogen) atoms. The minimum Gasteiger partial charge on any atom is -0.361 e. The Morgan fingerprint density at radius 2 is 2.00 bits per heavy atom. The number of amides is 1. The Bertz CT molecular complexity index is 421. The molecule has 1 aromatic rings. The van der Waals surface area contributed by atoms with Gasteiger partial charge in [0.2, 0.25) is 5.91 Å². The summed E-state index contributed by atoms with van der Waals surface area (Å²) in [4.78, 5) is 12.1. The zero-order valence-corrected chi connectivity index (χ0v) is 13.2. The van der Waals surface area contributed by atoms with Crippen molar-refractivity contribution >= 4 is 5.91 Å². The fraction of sp³-hybridized carbons (Fsp3) is 0.733. The second-order valence-corrected chi connectivity index (χ2v) is 5.96. The van der Waals surface area contributed by atoms with Gasteiger partial charge in [-0.25, -0.2) is 0 Å². The van der Waals surface area contributed by atoms with Crippen LogP contribution in [0.2, 0.25) is 0 Å². The normalized spacial score (nSPS) is 14.3. The SMILES string of the molecule is Cc1noc(C)c1C(C)NC(=O)CC(CN)CC(C)C. The molecule has 0 spiro atoms. The van der Waals surface area contributed by atoms with E-state index in [1.807, 2.05) is 20.8 Å². The summed E-state index contributed by atoms with van der Waals surface area (Å²) < 4.78 is 5.13. The average molecular weight is 281 g/mol. The highest BCUT2D eigenvalue weighted by Gasteiger charge is 2.20. The maximum Gasteiger partial charge on any atom is 0.220 e. The van der Waals surface area contributed by atoms with E-state index in [0.29, 0.717) is 18.9 Å². The molecule has 5 nitrogen and oxygen atoms in total. The number of carbonyl (C=O) groups is 1. The third kappa shape index (κ3) is 4.63. The van der Waals surface area contributed by atoms with Crippen LogP contribution in [0.1, 0.15) is 56.7 Å². The van der Waals surface area contributed by atoms with E-state index in [4.69, 9.17) is 10.3 Å². The minimum absolute atomic E-state index is 0.0357. The molecule has 3 N–H and O–H groups in total. The van der Waals surface area contributed by atoms with E-state index in [-0.39, 0.29) is 17.9 Å².